The van der Waals surface area contributed by atoms with Crippen LogP contribution in [-0.4, -0.2) is 20.8 Å². The highest BCUT2D eigenvalue weighted by Crippen LogP contribution is 2.41. The summed E-state index contributed by atoms with van der Waals surface area (Å²) >= 11 is 0. The largest absolute Gasteiger partial charge is 0.416 e. The molecular weight excluding hydrogens is 1090 g/mol. The van der Waals surface area contributed by atoms with Crippen molar-refractivity contribution in [2.75, 3.05) is 6.26 Å². The van der Waals surface area contributed by atoms with E-state index in [0.29, 0.717) is 11.4 Å². The van der Waals surface area contributed by atoms with Gasteiger partial charge in [0.25, 0.3) is 0 Å². The Morgan fingerprint density at radius 1 is 0.351 bits per heavy atom. The van der Waals surface area contributed by atoms with Gasteiger partial charge in [-0.15, -0.1) is 0 Å². The highest BCUT2D eigenvalue weighted by atomic mass is 32.2. The summed E-state index contributed by atoms with van der Waals surface area (Å²) in [6.45, 7) is 0.560. The Kier molecular flexibility index (Phi) is 15.6. The van der Waals surface area contributed by atoms with E-state index >= 15 is 0 Å². The van der Waals surface area contributed by atoms with Crippen molar-refractivity contribution in [3.8, 4) is 0 Å². The van der Waals surface area contributed by atoms with Gasteiger partial charge in [0.05, 0.1) is 49.4 Å². The molecule has 3 nitrogen and oxygen atoms in total. The molecule has 74 heavy (non-hydrogen) atoms. The van der Waals surface area contributed by atoms with E-state index in [0.717, 1.165) is 5.56 Å². The predicted molar refractivity (Wildman–Crippen MR) is 215 cm³/mol. The molecule has 0 aliphatic heterocycles. The van der Waals surface area contributed by atoms with E-state index in [1.54, 1.807) is 12.1 Å². The molecule has 1 aromatic heterocycles. The molecule has 400 valence electrons. The van der Waals surface area contributed by atoms with E-state index in [4.69, 9.17) is 0 Å². The summed E-state index contributed by atoms with van der Waals surface area (Å²) in [7, 11) is -3.17. The molecule has 0 aliphatic carbocycles. The van der Waals surface area contributed by atoms with Crippen LogP contribution in [0.1, 0.15) is 50.1 Å². The van der Waals surface area contributed by atoms with Gasteiger partial charge in [-0.1, -0.05) is 72.8 Å². The lowest BCUT2D eigenvalue weighted by Crippen LogP contribution is -2.75. The Labute approximate surface area is 400 Å². The van der Waals surface area contributed by atoms with E-state index in [9.17, 15) is 114 Å². The molecule has 5 aromatic carbocycles. The van der Waals surface area contributed by atoms with Crippen LogP contribution < -0.4 is 26.4 Å². The molecule has 0 unspecified atom stereocenters. The van der Waals surface area contributed by atoms with Crippen molar-refractivity contribution in [1.29, 1.82) is 0 Å². The number of nitrogens with zero attached hydrogens (tertiary/aromatic N) is 1. The quantitative estimate of drug-likeness (QED) is 0.0908. The molecule has 0 spiro atoms. The fourth-order valence-electron chi connectivity index (χ4n) is 7.80. The van der Waals surface area contributed by atoms with Gasteiger partial charge in [-0.25, -0.2) is 13.0 Å². The molecule has 0 amide bonds. The zero-order chi connectivity index (χ0) is 56.2. The third-order valence-electron chi connectivity index (χ3n) is 10.9. The average molecular weight is 1110 g/mol. The van der Waals surface area contributed by atoms with Gasteiger partial charge in [0, 0.05) is 24.0 Å². The van der Waals surface area contributed by atoms with Crippen molar-refractivity contribution >= 4 is 37.8 Å². The maximum absolute atomic E-state index is 14.2. The van der Waals surface area contributed by atoms with Gasteiger partial charge in [0.15, 0.2) is 28.8 Å². The maximum Gasteiger partial charge on any atom is 0.416 e. The molecule has 0 atom stereocenters. The summed E-state index contributed by atoms with van der Waals surface area (Å²) in [5, 5.41) is 0. The minimum Gasteiger partial charge on any atom is -0.224 e. The second-order valence-electron chi connectivity index (χ2n) is 16.2. The van der Waals surface area contributed by atoms with Crippen molar-refractivity contribution in [3.63, 3.8) is 0 Å². The topological polar surface area (TPSA) is 38.0 Å². The van der Waals surface area contributed by atoms with Crippen LogP contribution in [0.5, 0.6) is 0 Å². The van der Waals surface area contributed by atoms with Gasteiger partial charge in [0.2, 0.25) is 0 Å². The van der Waals surface area contributed by atoms with Crippen LogP contribution in [0, 0.1) is 0 Å². The van der Waals surface area contributed by atoms with Crippen molar-refractivity contribution < 1.29 is 118 Å². The molecule has 0 radical (unpaired) electrons. The van der Waals surface area contributed by atoms with E-state index in [-0.39, 0.29) is 0 Å². The fraction of sp³-hybridized carbons (Fsp3) is 0.222. The van der Waals surface area contributed by atoms with E-state index in [1.165, 1.54) is 6.26 Å². The summed E-state index contributed by atoms with van der Waals surface area (Å²) in [4.78, 5) is 0.399. The molecule has 6 rings (SSSR count). The lowest BCUT2D eigenvalue weighted by Gasteiger charge is -2.46. The first-order chi connectivity index (χ1) is 33.3. The number of pyridine rings is 1. The van der Waals surface area contributed by atoms with Gasteiger partial charge in [-0.3, -0.25) is 0 Å². The van der Waals surface area contributed by atoms with Gasteiger partial charge in [-0.2, -0.15) is 127 Å². The SMILES string of the molecule is CS(=O)(=O)c1ccccc1C[n+]1ccccc1.FC(F)(F)c1cc([B-](c2cc(C(F)(F)F)cc(C(F)(F)F)c2)(c2cc(C(F)(F)F)cc(C(F)(F)F)c2)c2cc(C(F)(F)F)cc(C(F)(F)F)c2)cc(C(F)(F)F)c1. The minimum atomic E-state index is -6.13. The summed E-state index contributed by atoms with van der Waals surface area (Å²) in [5.74, 6) is 0. The number of rotatable bonds is 7. The van der Waals surface area contributed by atoms with E-state index in [2.05, 4.69) is 0 Å². The second kappa shape index (κ2) is 19.7. The van der Waals surface area contributed by atoms with Crippen LogP contribution in [0.3, 0.4) is 0 Å². The first kappa shape index (κ1) is 58.5. The lowest BCUT2D eigenvalue weighted by atomic mass is 9.12. The number of hydrogen-bond donors (Lipinski definition) is 0. The third kappa shape index (κ3) is 13.5. The number of hydrogen-bond acceptors (Lipinski definition) is 2. The number of aromatic nitrogens is 1. The van der Waals surface area contributed by atoms with Crippen molar-refractivity contribution in [1.82, 2.24) is 0 Å². The number of sulfone groups is 1. The van der Waals surface area contributed by atoms with Crippen LogP contribution in [0.15, 0.2) is 133 Å². The van der Waals surface area contributed by atoms with E-state index in [1.807, 2.05) is 47.3 Å². The summed E-state index contributed by atoms with van der Waals surface area (Å²) in [6, 6.07) is 4.05. The highest BCUT2D eigenvalue weighted by Gasteiger charge is 2.47. The maximum atomic E-state index is 14.2. The van der Waals surface area contributed by atoms with Crippen LogP contribution in [0.2, 0.25) is 0 Å². The van der Waals surface area contributed by atoms with Gasteiger partial charge in [-0.05, 0) is 30.3 Å². The fourth-order valence-corrected chi connectivity index (χ4v) is 8.74. The summed E-state index contributed by atoms with van der Waals surface area (Å²) < 4.78 is 366. The normalized spacial score (nSPS) is 13.6. The molecule has 0 aliphatic rings. The molecule has 6 aromatic rings. The Bertz CT molecular complexity index is 2670. The lowest BCUT2D eigenvalue weighted by molar-refractivity contribution is -0.688. The van der Waals surface area contributed by atoms with Crippen molar-refractivity contribution in [3.05, 3.63) is 178 Å². The standard InChI is InChI=1S/C32H12BF24.C13H14NO2S/c34-25(35,36)13-1-14(26(37,38)39)6-21(5-13)33(22-7-15(27(40,41)42)2-16(8-22)28(43,44)45,23-9-17(29(46,47)48)3-18(10-23)30(49,50)51)24-11-19(31(52,53)54)4-20(12-24)32(55,56)57;1-17(15,16)13-8-4-3-7-12(13)11-14-9-5-2-6-10-14/h1-12H;2-10H,11H2,1H3/q-1;+1. The average Bonchev–Trinajstić information content (AvgIpc) is 3.24. The van der Waals surface area contributed by atoms with Crippen LogP contribution in [-0.2, 0) is 65.8 Å². The smallest absolute Gasteiger partial charge is 0.224 e. The van der Waals surface area contributed by atoms with Crippen LogP contribution in [0.25, 0.3) is 0 Å². The minimum absolute atomic E-state index is 0.399. The summed E-state index contributed by atoms with van der Waals surface area (Å²) in [5.41, 5.74) is -29.4. The zero-order valence-electron chi connectivity index (χ0n) is 36.2. The Balaban J connectivity index is 0.000000500. The molecule has 0 saturated heterocycles. The molecule has 1 heterocycles. The second-order valence-corrected chi connectivity index (χ2v) is 18.1. The Hall–Kier alpha value is -6.42. The Morgan fingerprint density at radius 3 is 0.797 bits per heavy atom. The van der Waals surface area contributed by atoms with Gasteiger partial charge < -0.3 is 0 Å². The zero-order valence-corrected chi connectivity index (χ0v) is 37.0. The summed E-state index contributed by atoms with van der Waals surface area (Å²) in [6.07, 6.45) is -49.7. The number of alkyl halides is 24. The molecular formula is C45H26BF24NO2S. The molecule has 0 N–H and O–H groups in total. The molecule has 29 heteroatoms. The van der Waals surface area contributed by atoms with Crippen molar-refractivity contribution in [2.24, 2.45) is 0 Å². The first-order valence-corrected chi connectivity index (χ1v) is 21.8. The van der Waals surface area contributed by atoms with E-state index < -0.39 is 205 Å². The monoisotopic (exact) mass is 1110 g/mol. The third-order valence-corrected chi connectivity index (χ3v) is 12.1. The van der Waals surface area contributed by atoms with Gasteiger partial charge in [0.1, 0.15) is 6.15 Å². The highest BCUT2D eigenvalue weighted by molar-refractivity contribution is 7.90. The molecule has 0 saturated carbocycles. The Morgan fingerprint density at radius 2 is 0.581 bits per heavy atom. The first-order valence-electron chi connectivity index (χ1n) is 19.9. The predicted octanol–water partition coefficient (Wildman–Crippen LogP) is 12.6. The molecule has 0 fully saturated rings. The van der Waals surface area contributed by atoms with Gasteiger partial charge >= 0.3 is 49.4 Å². The number of benzene rings is 5. The van der Waals surface area contributed by atoms with Crippen LogP contribution in [0.4, 0.5) is 105 Å². The number of halogens is 24. The van der Waals surface area contributed by atoms with Crippen LogP contribution >= 0.6 is 0 Å². The van der Waals surface area contributed by atoms with Crippen molar-refractivity contribution in [2.45, 2.75) is 60.9 Å². The molecule has 0 bridgehead atoms.